The second kappa shape index (κ2) is 11.3. The minimum Gasteiger partial charge on any atom is -0.477 e. The van der Waals surface area contributed by atoms with Gasteiger partial charge in [0.25, 0.3) is 0 Å². The number of hydrogen-bond acceptors (Lipinski definition) is 6. The van der Waals surface area contributed by atoms with Crippen molar-refractivity contribution >= 4 is 38.7 Å². The molecular formula is C28H43NO6S2. The summed E-state index contributed by atoms with van der Waals surface area (Å²) < 4.78 is 32.1. The van der Waals surface area contributed by atoms with E-state index in [-0.39, 0.29) is 33.4 Å². The summed E-state index contributed by atoms with van der Waals surface area (Å²) in [5.41, 5.74) is 0.263. The number of aromatic carboxylic acids is 1. The van der Waals surface area contributed by atoms with Gasteiger partial charge in [-0.25, -0.2) is 13.2 Å². The minimum atomic E-state index is -3.26. The van der Waals surface area contributed by atoms with Crippen molar-refractivity contribution in [2.75, 3.05) is 18.1 Å². The monoisotopic (exact) mass is 553 g/mol. The van der Waals surface area contributed by atoms with Crippen LogP contribution in [0.4, 0.5) is 5.69 Å². The van der Waals surface area contributed by atoms with Gasteiger partial charge in [-0.15, -0.1) is 11.3 Å². The number of carbonyl (C=O) groups excluding carboxylic acids is 1. The first-order valence-corrected chi connectivity index (χ1v) is 16.3. The number of ether oxygens (including phenoxy) is 1. The Kier molecular flexibility index (Phi) is 8.76. The molecular weight excluding hydrogens is 510 g/mol. The van der Waals surface area contributed by atoms with E-state index >= 15 is 0 Å². The normalized spacial score (nSPS) is 28.1. The van der Waals surface area contributed by atoms with Gasteiger partial charge >= 0.3 is 5.97 Å². The molecule has 1 amide bonds. The van der Waals surface area contributed by atoms with Crippen LogP contribution in [0.5, 0.6) is 0 Å². The quantitative estimate of drug-likeness (QED) is 0.477. The first-order chi connectivity index (χ1) is 17.4. The predicted octanol–water partition coefficient (Wildman–Crippen LogP) is 5.81. The third-order valence-corrected chi connectivity index (χ3v) is 13.0. The zero-order valence-electron chi connectivity index (χ0n) is 22.7. The Hall–Kier alpha value is -1.45. The molecule has 0 aromatic carbocycles. The van der Waals surface area contributed by atoms with Crippen molar-refractivity contribution in [2.45, 2.75) is 114 Å². The highest BCUT2D eigenvalue weighted by atomic mass is 32.2. The summed E-state index contributed by atoms with van der Waals surface area (Å²) in [4.78, 5) is 29.3. The number of amides is 1. The van der Waals surface area contributed by atoms with Crippen LogP contribution in [-0.4, -0.2) is 55.2 Å². The fraction of sp³-hybridized carbons (Fsp3) is 0.786. The molecule has 0 radical (unpaired) electrons. The van der Waals surface area contributed by atoms with E-state index in [4.69, 9.17) is 4.74 Å². The number of sulfone groups is 1. The smallest absolute Gasteiger partial charge is 0.348 e. The molecule has 0 spiro atoms. The third-order valence-electron chi connectivity index (χ3n) is 8.61. The number of thiophene rings is 1. The van der Waals surface area contributed by atoms with E-state index in [1.807, 2.05) is 6.07 Å². The molecule has 1 N–H and O–H groups in total. The summed E-state index contributed by atoms with van der Waals surface area (Å²) in [6.07, 6.45) is 6.92. The molecule has 7 nitrogen and oxygen atoms in total. The molecule has 0 unspecified atom stereocenters. The zero-order valence-corrected chi connectivity index (χ0v) is 24.3. The Morgan fingerprint density at radius 2 is 1.51 bits per heavy atom. The molecule has 1 saturated heterocycles. The van der Waals surface area contributed by atoms with E-state index in [0.717, 1.165) is 30.6 Å². The maximum absolute atomic E-state index is 14.1. The molecule has 0 atom stereocenters. The third kappa shape index (κ3) is 6.25. The molecule has 9 heteroatoms. The topological polar surface area (TPSA) is 101 Å². The van der Waals surface area contributed by atoms with Crippen LogP contribution >= 0.6 is 11.3 Å². The lowest BCUT2D eigenvalue weighted by Gasteiger charge is -2.40. The lowest BCUT2D eigenvalue weighted by Crippen LogP contribution is -2.48. The molecule has 1 aromatic rings. The van der Waals surface area contributed by atoms with Crippen molar-refractivity contribution in [1.82, 2.24) is 0 Å². The van der Waals surface area contributed by atoms with E-state index in [0.29, 0.717) is 63.3 Å². The highest BCUT2D eigenvalue weighted by Crippen LogP contribution is 2.42. The number of hydrogen-bond donors (Lipinski definition) is 1. The van der Waals surface area contributed by atoms with Gasteiger partial charge in [0.1, 0.15) is 4.88 Å². The summed E-state index contributed by atoms with van der Waals surface area (Å²) in [7, 11) is -3.26. The summed E-state index contributed by atoms with van der Waals surface area (Å²) in [5, 5.41) is 9.36. The molecule has 37 heavy (non-hydrogen) atoms. The van der Waals surface area contributed by atoms with Crippen molar-refractivity contribution in [3.63, 3.8) is 0 Å². The van der Waals surface area contributed by atoms with Gasteiger partial charge in [-0.2, -0.15) is 0 Å². The van der Waals surface area contributed by atoms with Gasteiger partial charge in [-0.05, 0) is 81.6 Å². The van der Waals surface area contributed by atoms with Crippen LogP contribution < -0.4 is 4.90 Å². The molecule has 1 aromatic heterocycles. The Morgan fingerprint density at radius 3 is 2.05 bits per heavy atom. The molecule has 2 aliphatic carbocycles. The molecule has 2 heterocycles. The van der Waals surface area contributed by atoms with Crippen LogP contribution in [0.2, 0.25) is 0 Å². The molecule has 2 saturated carbocycles. The average Bonchev–Trinajstić information content (AvgIpc) is 3.31. The van der Waals surface area contributed by atoms with E-state index in [1.165, 1.54) is 11.3 Å². The fourth-order valence-electron chi connectivity index (χ4n) is 6.19. The first kappa shape index (κ1) is 28.6. The second-order valence-electron chi connectivity index (χ2n) is 12.4. The van der Waals surface area contributed by atoms with E-state index in [1.54, 1.807) is 4.90 Å². The van der Waals surface area contributed by atoms with Gasteiger partial charge in [-0.3, -0.25) is 4.79 Å². The number of carboxylic acids is 1. The Balaban J connectivity index is 1.62. The number of rotatable bonds is 6. The maximum Gasteiger partial charge on any atom is 0.348 e. The summed E-state index contributed by atoms with van der Waals surface area (Å²) in [6.45, 7) is 9.36. The average molecular weight is 554 g/mol. The van der Waals surface area contributed by atoms with E-state index < -0.39 is 21.1 Å². The van der Waals surface area contributed by atoms with Crippen LogP contribution in [0.25, 0.3) is 0 Å². The van der Waals surface area contributed by atoms with Crippen LogP contribution in [0, 0.1) is 11.8 Å². The Labute approximate surface area is 225 Å². The summed E-state index contributed by atoms with van der Waals surface area (Å²) in [5.74, 6) is -0.504. The molecule has 3 aliphatic rings. The van der Waals surface area contributed by atoms with Crippen molar-refractivity contribution < 1.29 is 27.9 Å². The lowest BCUT2D eigenvalue weighted by atomic mass is 9.81. The summed E-state index contributed by atoms with van der Waals surface area (Å²) in [6, 6.07) is 1.72. The SMILES string of the molecule is CC(C)(C)c1cc(N(C(=O)[C@H]2CC[C@H](C)CC2)[C@H]2CC[C@H](S(=O)(=O)C3CCOCC3)CC2)c(C(=O)O)s1. The van der Waals surface area contributed by atoms with Gasteiger partial charge in [0.05, 0.1) is 16.2 Å². The predicted molar refractivity (Wildman–Crippen MR) is 147 cm³/mol. The Bertz CT molecular complexity index is 1070. The number of nitrogens with zero attached hydrogens (tertiary/aromatic N) is 1. The van der Waals surface area contributed by atoms with Crippen molar-refractivity contribution in [2.24, 2.45) is 11.8 Å². The van der Waals surface area contributed by atoms with Gasteiger partial charge < -0.3 is 14.7 Å². The van der Waals surface area contributed by atoms with Crippen molar-refractivity contribution in [3.8, 4) is 0 Å². The highest BCUT2D eigenvalue weighted by molar-refractivity contribution is 7.92. The van der Waals surface area contributed by atoms with Gasteiger partial charge in [-0.1, -0.05) is 27.7 Å². The standard InChI is InChI=1S/C28H43NO6S2/c1-18-5-7-19(8-6-18)26(30)29(23-17-24(28(2,3)4)36-25(23)27(31)32)20-9-11-21(12-10-20)37(33,34)22-13-15-35-16-14-22/h17-22H,5-16H2,1-4H3,(H,31,32)/t18-,19-,20-,21-. The molecule has 208 valence electrons. The minimum absolute atomic E-state index is 0.0170. The lowest BCUT2D eigenvalue weighted by molar-refractivity contribution is -0.124. The van der Waals surface area contributed by atoms with Crippen LogP contribution in [0.1, 0.15) is 106 Å². The van der Waals surface area contributed by atoms with Gasteiger partial charge in [0.2, 0.25) is 5.91 Å². The molecule has 0 bridgehead atoms. The highest BCUT2D eigenvalue weighted by Gasteiger charge is 2.42. The number of anilines is 1. The van der Waals surface area contributed by atoms with Crippen molar-refractivity contribution in [1.29, 1.82) is 0 Å². The first-order valence-electron chi connectivity index (χ1n) is 13.9. The van der Waals surface area contributed by atoms with Crippen molar-refractivity contribution in [3.05, 3.63) is 15.8 Å². The van der Waals surface area contributed by atoms with Gasteiger partial charge in [0.15, 0.2) is 9.84 Å². The van der Waals surface area contributed by atoms with Gasteiger partial charge in [0, 0.05) is 30.1 Å². The second-order valence-corrected chi connectivity index (χ2v) is 15.9. The molecule has 1 aliphatic heterocycles. The fourth-order valence-corrected chi connectivity index (χ4v) is 9.56. The number of carbonyl (C=O) groups is 2. The number of carboxylic acid groups (broad SMARTS) is 1. The zero-order chi connectivity index (χ0) is 27.0. The maximum atomic E-state index is 14.1. The largest absolute Gasteiger partial charge is 0.477 e. The molecule has 3 fully saturated rings. The summed E-state index contributed by atoms with van der Waals surface area (Å²) >= 11 is 1.25. The van der Waals surface area contributed by atoms with E-state index in [2.05, 4.69) is 27.7 Å². The van der Waals surface area contributed by atoms with Crippen LogP contribution in [0.15, 0.2) is 6.07 Å². The Morgan fingerprint density at radius 1 is 0.946 bits per heavy atom. The van der Waals surface area contributed by atoms with Crippen LogP contribution in [0.3, 0.4) is 0 Å². The van der Waals surface area contributed by atoms with E-state index in [9.17, 15) is 23.1 Å². The van der Waals surface area contributed by atoms with Crippen LogP contribution in [-0.2, 0) is 24.8 Å². The molecule has 4 rings (SSSR count).